The fraction of sp³-hybridized carbons (Fsp3) is 0.400. The SMILES string of the molecule is COc1ccccc1CNC(=O)CCc1ccnc(N2CCOCC2)c1. The van der Waals surface area contributed by atoms with Crippen molar-refractivity contribution >= 4 is 11.7 Å². The molecule has 6 heteroatoms. The molecule has 6 nitrogen and oxygen atoms in total. The lowest BCUT2D eigenvalue weighted by Gasteiger charge is -2.28. The number of methoxy groups -OCH3 is 1. The topological polar surface area (TPSA) is 63.7 Å². The summed E-state index contributed by atoms with van der Waals surface area (Å²) in [4.78, 5) is 18.8. The molecule has 138 valence electrons. The summed E-state index contributed by atoms with van der Waals surface area (Å²) in [5.41, 5.74) is 2.09. The van der Waals surface area contributed by atoms with Crippen LogP contribution in [0.2, 0.25) is 0 Å². The summed E-state index contributed by atoms with van der Waals surface area (Å²) >= 11 is 0. The zero-order valence-corrected chi connectivity index (χ0v) is 15.1. The number of carbonyl (C=O) groups is 1. The fourth-order valence-electron chi connectivity index (χ4n) is 2.97. The van der Waals surface area contributed by atoms with Gasteiger partial charge in [-0.15, -0.1) is 0 Å². The van der Waals surface area contributed by atoms with Crippen LogP contribution in [0, 0.1) is 0 Å². The summed E-state index contributed by atoms with van der Waals surface area (Å²) < 4.78 is 10.7. The first-order valence-corrected chi connectivity index (χ1v) is 8.92. The van der Waals surface area contributed by atoms with Gasteiger partial charge in [0.25, 0.3) is 0 Å². The maximum absolute atomic E-state index is 12.2. The first-order chi connectivity index (χ1) is 12.8. The van der Waals surface area contributed by atoms with E-state index in [0.717, 1.165) is 49.0 Å². The Labute approximate surface area is 154 Å². The van der Waals surface area contributed by atoms with Crippen LogP contribution in [0.4, 0.5) is 5.82 Å². The lowest BCUT2D eigenvalue weighted by atomic mass is 10.1. The number of carbonyl (C=O) groups excluding carboxylic acids is 1. The second-order valence-electron chi connectivity index (χ2n) is 6.21. The molecule has 0 radical (unpaired) electrons. The van der Waals surface area contributed by atoms with E-state index in [4.69, 9.17) is 9.47 Å². The average Bonchev–Trinajstić information content (AvgIpc) is 2.71. The molecule has 1 amide bonds. The molecule has 0 aliphatic carbocycles. The number of anilines is 1. The Bertz CT molecular complexity index is 730. The molecule has 2 aromatic rings. The molecule has 1 fully saturated rings. The van der Waals surface area contributed by atoms with E-state index in [1.54, 1.807) is 7.11 Å². The summed E-state index contributed by atoms with van der Waals surface area (Å²) in [7, 11) is 1.64. The van der Waals surface area contributed by atoms with Crippen LogP contribution >= 0.6 is 0 Å². The highest BCUT2D eigenvalue weighted by atomic mass is 16.5. The molecule has 26 heavy (non-hydrogen) atoms. The van der Waals surface area contributed by atoms with Gasteiger partial charge in [0.15, 0.2) is 0 Å². The number of hydrogen-bond donors (Lipinski definition) is 1. The molecule has 0 bridgehead atoms. The molecule has 1 aliphatic rings. The molecule has 2 heterocycles. The van der Waals surface area contributed by atoms with Crippen molar-refractivity contribution in [1.82, 2.24) is 10.3 Å². The van der Waals surface area contributed by atoms with Crippen molar-refractivity contribution in [1.29, 1.82) is 0 Å². The summed E-state index contributed by atoms with van der Waals surface area (Å²) in [5, 5.41) is 2.96. The number of ether oxygens (including phenoxy) is 2. The molecule has 0 unspecified atom stereocenters. The van der Waals surface area contributed by atoms with Gasteiger partial charge in [0, 0.05) is 37.8 Å². The third-order valence-corrected chi connectivity index (χ3v) is 4.45. The van der Waals surface area contributed by atoms with Crippen LogP contribution in [-0.2, 0) is 22.5 Å². The molecule has 1 aliphatic heterocycles. The van der Waals surface area contributed by atoms with Crippen LogP contribution in [0.25, 0.3) is 0 Å². The van der Waals surface area contributed by atoms with Gasteiger partial charge in [-0.2, -0.15) is 0 Å². The van der Waals surface area contributed by atoms with Crippen molar-refractivity contribution in [3.63, 3.8) is 0 Å². The van der Waals surface area contributed by atoms with Crippen LogP contribution in [0.5, 0.6) is 5.75 Å². The van der Waals surface area contributed by atoms with Gasteiger partial charge in [-0.25, -0.2) is 4.98 Å². The first kappa shape index (κ1) is 18.2. The highest BCUT2D eigenvalue weighted by Gasteiger charge is 2.13. The number of aryl methyl sites for hydroxylation is 1. The van der Waals surface area contributed by atoms with Crippen LogP contribution in [0.1, 0.15) is 17.5 Å². The molecule has 0 saturated carbocycles. The van der Waals surface area contributed by atoms with E-state index in [-0.39, 0.29) is 5.91 Å². The maximum atomic E-state index is 12.2. The number of para-hydroxylation sites is 1. The summed E-state index contributed by atoms with van der Waals surface area (Å²) in [6, 6.07) is 11.7. The summed E-state index contributed by atoms with van der Waals surface area (Å²) in [6.07, 6.45) is 2.95. The largest absolute Gasteiger partial charge is 0.496 e. The molecule has 3 rings (SSSR count). The zero-order chi connectivity index (χ0) is 18.2. The van der Waals surface area contributed by atoms with Gasteiger partial charge in [-0.3, -0.25) is 4.79 Å². The van der Waals surface area contributed by atoms with Gasteiger partial charge >= 0.3 is 0 Å². The number of rotatable bonds is 7. The summed E-state index contributed by atoms with van der Waals surface area (Å²) in [5.74, 6) is 1.78. The fourth-order valence-corrected chi connectivity index (χ4v) is 2.97. The van der Waals surface area contributed by atoms with Gasteiger partial charge in [0.05, 0.1) is 20.3 Å². The Balaban J connectivity index is 1.50. The van der Waals surface area contributed by atoms with Crippen molar-refractivity contribution in [2.75, 3.05) is 38.3 Å². The smallest absolute Gasteiger partial charge is 0.220 e. The molecule has 0 atom stereocenters. The van der Waals surface area contributed by atoms with Gasteiger partial charge in [-0.1, -0.05) is 18.2 Å². The van der Waals surface area contributed by atoms with Gasteiger partial charge in [0.1, 0.15) is 11.6 Å². The standard InChI is InChI=1S/C20H25N3O3/c1-25-18-5-3-2-4-17(18)15-22-20(24)7-6-16-8-9-21-19(14-16)23-10-12-26-13-11-23/h2-5,8-9,14H,6-7,10-13,15H2,1H3,(H,22,24). The normalized spacial score (nSPS) is 14.1. The second-order valence-corrected chi connectivity index (χ2v) is 6.21. The Morgan fingerprint density at radius 3 is 2.88 bits per heavy atom. The minimum absolute atomic E-state index is 0.0284. The van der Waals surface area contributed by atoms with E-state index in [1.165, 1.54) is 0 Å². The number of nitrogens with zero attached hydrogens (tertiary/aromatic N) is 2. The van der Waals surface area contributed by atoms with Gasteiger partial charge < -0.3 is 19.7 Å². The molecule has 0 spiro atoms. The van der Waals surface area contributed by atoms with Crippen LogP contribution in [0.3, 0.4) is 0 Å². The highest BCUT2D eigenvalue weighted by molar-refractivity contribution is 5.76. The minimum atomic E-state index is 0.0284. The van der Waals surface area contributed by atoms with E-state index in [1.807, 2.05) is 36.5 Å². The van der Waals surface area contributed by atoms with Gasteiger partial charge in [0.2, 0.25) is 5.91 Å². The van der Waals surface area contributed by atoms with E-state index in [2.05, 4.69) is 21.3 Å². The first-order valence-electron chi connectivity index (χ1n) is 8.92. The van der Waals surface area contributed by atoms with Crippen molar-refractivity contribution in [2.24, 2.45) is 0 Å². The lowest BCUT2D eigenvalue weighted by molar-refractivity contribution is -0.121. The van der Waals surface area contributed by atoms with E-state index in [9.17, 15) is 4.79 Å². The average molecular weight is 355 g/mol. The third kappa shape index (κ3) is 4.95. The van der Waals surface area contributed by atoms with Crippen LogP contribution in [0.15, 0.2) is 42.6 Å². The molecule has 1 aromatic heterocycles. The number of aromatic nitrogens is 1. The van der Waals surface area contributed by atoms with Gasteiger partial charge in [-0.05, 0) is 30.2 Å². The number of morpholine rings is 1. The van der Waals surface area contributed by atoms with Crippen molar-refractivity contribution in [3.05, 3.63) is 53.7 Å². The van der Waals surface area contributed by atoms with Crippen LogP contribution < -0.4 is 15.0 Å². The predicted octanol–water partition coefficient (Wildman–Crippen LogP) is 2.18. The van der Waals surface area contributed by atoms with E-state index in [0.29, 0.717) is 19.4 Å². The Morgan fingerprint density at radius 1 is 1.27 bits per heavy atom. The molecule has 1 N–H and O–H groups in total. The Morgan fingerprint density at radius 2 is 2.08 bits per heavy atom. The number of pyridine rings is 1. The van der Waals surface area contributed by atoms with E-state index >= 15 is 0 Å². The quantitative estimate of drug-likeness (QED) is 0.825. The van der Waals surface area contributed by atoms with Crippen molar-refractivity contribution < 1.29 is 14.3 Å². The van der Waals surface area contributed by atoms with Crippen molar-refractivity contribution in [2.45, 2.75) is 19.4 Å². The summed E-state index contributed by atoms with van der Waals surface area (Å²) in [6.45, 7) is 3.65. The zero-order valence-electron chi connectivity index (χ0n) is 15.1. The third-order valence-electron chi connectivity index (χ3n) is 4.45. The molecule has 1 saturated heterocycles. The minimum Gasteiger partial charge on any atom is -0.496 e. The number of nitrogens with one attached hydrogen (secondary N) is 1. The number of hydrogen-bond acceptors (Lipinski definition) is 5. The van der Waals surface area contributed by atoms with E-state index < -0.39 is 0 Å². The highest BCUT2D eigenvalue weighted by Crippen LogP contribution is 2.17. The lowest BCUT2D eigenvalue weighted by Crippen LogP contribution is -2.36. The number of amides is 1. The van der Waals surface area contributed by atoms with Crippen LogP contribution in [-0.4, -0.2) is 44.3 Å². The second kappa shape index (κ2) is 9.20. The molecular weight excluding hydrogens is 330 g/mol. The van der Waals surface area contributed by atoms with Crippen molar-refractivity contribution in [3.8, 4) is 5.75 Å². The predicted molar refractivity (Wildman–Crippen MR) is 100 cm³/mol. The molecular formula is C20H25N3O3. The Kier molecular flexibility index (Phi) is 6.44. The molecule has 1 aromatic carbocycles. The Hall–Kier alpha value is -2.60. The monoisotopic (exact) mass is 355 g/mol. The maximum Gasteiger partial charge on any atom is 0.220 e. The number of benzene rings is 1.